The van der Waals surface area contributed by atoms with Crippen molar-refractivity contribution in [1.29, 1.82) is 0 Å². The van der Waals surface area contributed by atoms with Crippen molar-refractivity contribution >= 4 is 51.7 Å². The van der Waals surface area contributed by atoms with Gasteiger partial charge in [0.05, 0.1) is 10.7 Å². The third kappa shape index (κ3) is 2.11. The van der Waals surface area contributed by atoms with Crippen molar-refractivity contribution in [3.05, 3.63) is 26.8 Å². The number of rotatable bonds is 1. The lowest BCUT2D eigenvalue weighted by atomic mass is 10.1. The molecule has 2 atom stereocenters. The summed E-state index contributed by atoms with van der Waals surface area (Å²) < 4.78 is 1.00. The second kappa shape index (κ2) is 5.18. The highest BCUT2D eigenvalue weighted by Crippen LogP contribution is 2.35. The van der Waals surface area contributed by atoms with Crippen LogP contribution >= 0.6 is 34.2 Å². The van der Waals surface area contributed by atoms with Crippen LogP contribution in [0, 0.1) is 3.57 Å². The molecule has 2 fully saturated rings. The van der Waals surface area contributed by atoms with Gasteiger partial charge in [-0.05, 0) is 60.6 Å². The molecule has 2 heterocycles. The molecule has 2 amide bonds. The predicted octanol–water partition coefficient (Wildman–Crippen LogP) is 2.67. The summed E-state index contributed by atoms with van der Waals surface area (Å²) in [6.45, 7) is 2.46. The highest BCUT2D eigenvalue weighted by molar-refractivity contribution is 14.1. The molecule has 0 aromatic heterocycles. The summed E-state index contributed by atoms with van der Waals surface area (Å²) >= 11 is 8.43. The first kappa shape index (κ1) is 14.1. The Bertz CT molecular complexity index is 593. The first-order valence-electron chi connectivity index (χ1n) is 6.59. The second-order valence-corrected chi connectivity index (χ2v) is 6.82. The lowest BCUT2D eigenvalue weighted by Crippen LogP contribution is -2.62. The normalized spacial score (nSPS) is 26.1. The lowest BCUT2D eigenvalue weighted by Gasteiger charge is -2.41. The predicted molar refractivity (Wildman–Crippen MR) is 85.9 cm³/mol. The first-order valence-corrected chi connectivity index (χ1v) is 8.05. The number of anilines is 1. The van der Waals surface area contributed by atoms with Gasteiger partial charge in [0.25, 0.3) is 5.91 Å². The quantitative estimate of drug-likeness (QED) is 0.675. The van der Waals surface area contributed by atoms with Gasteiger partial charge >= 0.3 is 0 Å². The molecule has 0 saturated carbocycles. The summed E-state index contributed by atoms with van der Waals surface area (Å²) in [5.41, 5.74) is 0.629. The summed E-state index contributed by atoms with van der Waals surface area (Å²) in [6.07, 6.45) is 1.64. The average molecular weight is 405 g/mol. The monoisotopic (exact) mass is 404 g/mol. The summed E-state index contributed by atoms with van der Waals surface area (Å²) in [6, 6.07) is 4.72. The van der Waals surface area contributed by atoms with Crippen LogP contribution in [0.25, 0.3) is 0 Å². The fourth-order valence-electron chi connectivity index (χ4n) is 2.99. The van der Waals surface area contributed by atoms with Gasteiger partial charge in [0.15, 0.2) is 0 Å². The van der Waals surface area contributed by atoms with E-state index in [2.05, 4.69) is 22.6 Å². The number of piperazine rings is 1. The van der Waals surface area contributed by atoms with E-state index in [1.165, 1.54) is 0 Å². The molecular formula is C14H14ClIN2O2. The summed E-state index contributed by atoms with van der Waals surface area (Å²) in [4.78, 5) is 28.3. The number of nitrogens with zero attached hydrogens (tertiary/aromatic N) is 2. The van der Waals surface area contributed by atoms with E-state index in [0.29, 0.717) is 17.3 Å². The number of halogens is 2. The van der Waals surface area contributed by atoms with Crippen LogP contribution in [0.5, 0.6) is 0 Å². The van der Waals surface area contributed by atoms with Crippen LogP contribution in [0.2, 0.25) is 5.02 Å². The van der Waals surface area contributed by atoms with E-state index in [9.17, 15) is 9.59 Å². The minimum absolute atomic E-state index is 0.0155. The SMILES string of the molecule is CC1C(=O)N2CCCC2C(=O)N1c1ccc(I)cc1Cl. The van der Waals surface area contributed by atoms with Crippen LogP contribution in [-0.4, -0.2) is 35.3 Å². The molecule has 2 unspecified atom stereocenters. The number of hydrogen-bond acceptors (Lipinski definition) is 2. The van der Waals surface area contributed by atoms with Gasteiger partial charge in [-0.1, -0.05) is 11.6 Å². The highest BCUT2D eigenvalue weighted by Gasteiger charge is 2.46. The molecule has 0 radical (unpaired) electrons. The van der Waals surface area contributed by atoms with Gasteiger partial charge < -0.3 is 4.90 Å². The van der Waals surface area contributed by atoms with E-state index in [1.807, 2.05) is 18.2 Å². The van der Waals surface area contributed by atoms with Crippen molar-refractivity contribution in [3.8, 4) is 0 Å². The molecule has 2 aliphatic rings. The van der Waals surface area contributed by atoms with E-state index < -0.39 is 6.04 Å². The molecule has 6 heteroatoms. The number of carbonyl (C=O) groups excluding carboxylic acids is 2. The van der Waals surface area contributed by atoms with E-state index in [-0.39, 0.29) is 17.9 Å². The third-order valence-electron chi connectivity index (χ3n) is 3.97. The molecule has 4 nitrogen and oxygen atoms in total. The topological polar surface area (TPSA) is 40.6 Å². The van der Waals surface area contributed by atoms with Crippen molar-refractivity contribution in [2.45, 2.75) is 31.8 Å². The van der Waals surface area contributed by atoms with Gasteiger partial charge in [-0.25, -0.2) is 0 Å². The second-order valence-electron chi connectivity index (χ2n) is 5.17. The number of carbonyl (C=O) groups is 2. The van der Waals surface area contributed by atoms with Crippen molar-refractivity contribution < 1.29 is 9.59 Å². The van der Waals surface area contributed by atoms with E-state index in [0.717, 1.165) is 16.4 Å². The molecule has 20 heavy (non-hydrogen) atoms. The zero-order chi connectivity index (χ0) is 14.4. The van der Waals surface area contributed by atoms with Crippen molar-refractivity contribution in [2.24, 2.45) is 0 Å². The van der Waals surface area contributed by atoms with Crippen molar-refractivity contribution in [1.82, 2.24) is 4.90 Å². The molecule has 0 spiro atoms. The Morgan fingerprint density at radius 1 is 1.30 bits per heavy atom. The average Bonchev–Trinajstić information content (AvgIpc) is 2.88. The molecule has 0 N–H and O–H groups in total. The van der Waals surface area contributed by atoms with Crippen LogP contribution in [0.15, 0.2) is 18.2 Å². The fourth-order valence-corrected chi connectivity index (χ4v) is 3.94. The van der Waals surface area contributed by atoms with Gasteiger partial charge in [-0.3, -0.25) is 14.5 Å². The molecule has 2 saturated heterocycles. The van der Waals surface area contributed by atoms with Crippen molar-refractivity contribution in [3.63, 3.8) is 0 Å². The third-order valence-corrected chi connectivity index (χ3v) is 4.95. The Balaban J connectivity index is 2.03. The maximum Gasteiger partial charge on any atom is 0.250 e. The Kier molecular flexibility index (Phi) is 3.66. The van der Waals surface area contributed by atoms with E-state index in [1.54, 1.807) is 16.7 Å². The zero-order valence-electron chi connectivity index (χ0n) is 11.0. The summed E-state index contributed by atoms with van der Waals surface area (Å²) in [5.74, 6) is -0.000533. The van der Waals surface area contributed by atoms with Gasteiger partial charge in [0, 0.05) is 10.1 Å². The Morgan fingerprint density at radius 3 is 2.75 bits per heavy atom. The molecule has 2 aliphatic heterocycles. The van der Waals surface area contributed by atoms with Crippen LogP contribution in [-0.2, 0) is 9.59 Å². The smallest absolute Gasteiger partial charge is 0.250 e. The Hall–Kier alpha value is -0.820. The van der Waals surface area contributed by atoms with Crippen molar-refractivity contribution in [2.75, 3.05) is 11.4 Å². The van der Waals surface area contributed by atoms with Crippen LogP contribution < -0.4 is 4.90 Å². The van der Waals surface area contributed by atoms with Crippen LogP contribution in [0.1, 0.15) is 19.8 Å². The highest BCUT2D eigenvalue weighted by atomic mass is 127. The van der Waals surface area contributed by atoms with Gasteiger partial charge in [-0.2, -0.15) is 0 Å². The minimum Gasteiger partial charge on any atom is -0.329 e. The Labute approximate surface area is 136 Å². The number of benzene rings is 1. The maximum atomic E-state index is 12.7. The maximum absolute atomic E-state index is 12.7. The molecule has 1 aromatic carbocycles. The Morgan fingerprint density at radius 2 is 2.05 bits per heavy atom. The minimum atomic E-state index is -0.491. The molecule has 0 aliphatic carbocycles. The van der Waals surface area contributed by atoms with E-state index >= 15 is 0 Å². The molecule has 106 valence electrons. The molecule has 1 aromatic rings. The molecule has 0 bridgehead atoms. The van der Waals surface area contributed by atoms with Gasteiger partial charge in [0.2, 0.25) is 5.91 Å². The number of hydrogen-bond donors (Lipinski definition) is 0. The standard InChI is InChI=1S/C14H14ClIN2O2/c1-8-13(19)17-6-2-3-12(17)14(20)18(8)11-5-4-9(16)7-10(11)15/h4-5,7-8,12H,2-3,6H2,1H3. The molecule has 3 rings (SSSR count). The summed E-state index contributed by atoms with van der Waals surface area (Å²) in [7, 11) is 0. The summed E-state index contributed by atoms with van der Waals surface area (Å²) in [5, 5.41) is 0.511. The largest absolute Gasteiger partial charge is 0.329 e. The lowest BCUT2D eigenvalue weighted by molar-refractivity contribution is -0.143. The first-order chi connectivity index (χ1) is 9.50. The van der Waals surface area contributed by atoms with Gasteiger partial charge in [-0.15, -0.1) is 0 Å². The number of amides is 2. The van der Waals surface area contributed by atoms with Crippen LogP contribution in [0.4, 0.5) is 5.69 Å². The number of fused-ring (bicyclic) bond motifs is 1. The van der Waals surface area contributed by atoms with Gasteiger partial charge in [0.1, 0.15) is 12.1 Å². The van der Waals surface area contributed by atoms with Crippen LogP contribution in [0.3, 0.4) is 0 Å². The van der Waals surface area contributed by atoms with E-state index in [4.69, 9.17) is 11.6 Å². The molecular weight excluding hydrogens is 391 g/mol. The zero-order valence-corrected chi connectivity index (χ0v) is 13.9. The fraction of sp³-hybridized carbons (Fsp3) is 0.429.